The summed E-state index contributed by atoms with van der Waals surface area (Å²) in [6, 6.07) is 2.35. The van der Waals surface area contributed by atoms with Crippen LogP contribution in [-0.2, 0) is 5.41 Å². The van der Waals surface area contributed by atoms with E-state index in [2.05, 4.69) is 43.0 Å². The fourth-order valence-corrected chi connectivity index (χ4v) is 1.72. The summed E-state index contributed by atoms with van der Waals surface area (Å²) in [6.45, 7) is 8.48. The van der Waals surface area contributed by atoms with E-state index in [4.69, 9.17) is 11.6 Å². The highest BCUT2D eigenvalue weighted by molar-refractivity contribution is 6.29. The van der Waals surface area contributed by atoms with Crippen molar-refractivity contribution in [3.8, 4) is 0 Å². The molecule has 2 unspecified atom stereocenters. The summed E-state index contributed by atoms with van der Waals surface area (Å²) in [5, 5.41) is 3.89. The molecule has 4 heteroatoms. The lowest BCUT2D eigenvalue weighted by molar-refractivity contribution is 0.546. The lowest BCUT2D eigenvalue weighted by Gasteiger charge is -2.17. The molecule has 0 bridgehead atoms. The number of anilines is 1. The lowest BCUT2D eigenvalue weighted by atomic mass is 9.96. The highest BCUT2D eigenvalue weighted by Gasteiger charge is 2.33. The molecule has 0 radical (unpaired) electrons. The molecule has 3 nitrogen and oxygen atoms in total. The second-order valence-corrected chi connectivity index (χ2v) is 6.00. The molecule has 1 aliphatic rings. The molecule has 1 heterocycles. The van der Waals surface area contributed by atoms with E-state index in [1.54, 1.807) is 6.07 Å². The minimum absolute atomic E-state index is 0.0729. The van der Waals surface area contributed by atoms with Gasteiger partial charge < -0.3 is 5.32 Å². The van der Waals surface area contributed by atoms with Crippen LogP contribution in [-0.4, -0.2) is 16.0 Å². The lowest BCUT2D eigenvalue weighted by Crippen LogP contribution is -2.18. The van der Waals surface area contributed by atoms with E-state index in [1.807, 2.05) is 0 Å². The van der Waals surface area contributed by atoms with Crippen LogP contribution in [0.15, 0.2) is 6.07 Å². The number of nitrogens with one attached hydrogen (secondary N) is 1. The van der Waals surface area contributed by atoms with Gasteiger partial charge in [0.1, 0.15) is 16.8 Å². The predicted octanol–water partition coefficient (Wildman–Crippen LogP) is 3.25. The molecule has 88 valence electrons. The van der Waals surface area contributed by atoms with Crippen LogP contribution in [0.5, 0.6) is 0 Å². The third kappa shape index (κ3) is 2.64. The van der Waals surface area contributed by atoms with E-state index in [0.717, 1.165) is 17.6 Å². The molecule has 1 fully saturated rings. The maximum Gasteiger partial charge on any atom is 0.137 e. The van der Waals surface area contributed by atoms with Crippen LogP contribution in [0, 0.1) is 5.92 Å². The SMILES string of the molecule is CC1CC1Nc1cc(Cl)nc(C(C)(C)C)n1. The molecule has 0 aliphatic heterocycles. The largest absolute Gasteiger partial charge is 0.367 e. The van der Waals surface area contributed by atoms with Crippen LogP contribution in [0.3, 0.4) is 0 Å². The first-order valence-corrected chi connectivity index (χ1v) is 6.05. The number of rotatable bonds is 2. The van der Waals surface area contributed by atoms with Gasteiger partial charge in [0.05, 0.1) is 0 Å². The second kappa shape index (κ2) is 3.88. The maximum atomic E-state index is 6.01. The van der Waals surface area contributed by atoms with Crippen LogP contribution in [0.2, 0.25) is 5.15 Å². The Labute approximate surface area is 102 Å². The molecule has 0 spiro atoms. The molecule has 0 amide bonds. The van der Waals surface area contributed by atoms with Gasteiger partial charge in [-0.05, 0) is 12.3 Å². The summed E-state index contributed by atoms with van der Waals surface area (Å²) in [4.78, 5) is 8.78. The maximum absolute atomic E-state index is 6.01. The van der Waals surface area contributed by atoms with Crippen LogP contribution in [0.25, 0.3) is 0 Å². The summed E-state index contributed by atoms with van der Waals surface area (Å²) in [5.41, 5.74) is -0.0729. The summed E-state index contributed by atoms with van der Waals surface area (Å²) in [6.07, 6.45) is 1.21. The Morgan fingerprint density at radius 1 is 1.38 bits per heavy atom. The summed E-state index contributed by atoms with van der Waals surface area (Å²) in [7, 11) is 0. The predicted molar refractivity (Wildman–Crippen MR) is 66.9 cm³/mol. The Morgan fingerprint density at radius 3 is 2.50 bits per heavy atom. The highest BCUT2D eigenvalue weighted by atomic mass is 35.5. The average molecular weight is 240 g/mol. The van der Waals surface area contributed by atoms with Crippen molar-refractivity contribution in [2.24, 2.45) is 5.92 Å². The number of nitrogens with zero attached hydrogens (tertiary/aromatic N) is 2. The van der Waals surface area contributed by atoms with Gasteiger partial charge in [0.15, 0.2) is 0 Å². The minimum Gasteiger partial charge on any atom is -0.367 e. The Kier molecular flexibility index (Phi) is 2.82. The van der Waals surface area contributed by atoms with Crippen molar-refractivity contribution in [2.45, 2.75) is 45.6 Å². The Morgan fingerprint density at radius 2 is 2.00 bits per heavy atom. The van der Waals surface area contributed by atoms with Gasteiger partial charge in [-0.2, -0.15) is 0 Å². The van der Waals surface area contributed by atoms with E-state index in [9.17, 15) is 0 Å². The molecule has 2 rings (SSSR count). The van der Waals surface area contributed by atoms with Crippen LogP contribution in [0.1, 0.15) is 39.9 Å². The second-order valence-electron chi connectivity index (χ2n) is 5.61. The molecule has 1 aromatic rings. The summed E-state index contributed by atoms with van der Waals surface area (Å²) >= 11 is 6.01. The molecule has 16 heavy (non-hydrogen) atoms. The monoisotopic (exact) mass is 239 g/mol. The van der Waals surface area contributed by atoms with Gasteiger partial charge in [-0.25, -0.2) is 9.97 Å². The normalized spacial score (nSPS) is 24.3. The fourth-order valence-electron chi connectivity index (χ4n) is 1.54. The van der Waals surface area contributed by atoms with Crippen LogP contribution >= 0.6 is 11.6 Å². The topological polar surface area (TPSA) is 37.8 Å². The van der Waals surface area contributed by atoms with Gasteiger partial charge in [0.2, 0.25) is 0 Å². The highest BCUT2D eigenvalue weighted by Crippen LogP contribution is 2.33. The standard InChI is InChI=1S/C12H18ClN3/c1-7-5-8(7)14-10-6-9(13)15-11(16-10)12(2,3)4/h6-8H,5H2,1-4H3,(H,14,15,16). The molecule has 2 atom stereocenters. The van der Waals surface area contributed by atoms with Gasteiger partial charge >= 0.3 is 0 Å². The molecule has 1 N–H and O–H groups in total. The molecule has 0 saturated heterocycles. The van der Waals surface area contributed by atoms with Gasteiger partial charge in [-0.15, -0.1) is 0 Å². The number of hydrogen-bond acceptors (Lipinski definition) is 3. The van der Waals surface area contributed by atoms with Crippen molar-refractivity contribution < 1.29 is 0 Å². The zero-order valence-corrected chi connectivity index (χ0v) is 11.0. The van der Waals surface area contributed by atoms with E-state index in [1.165, 1.54) is 6.42 Å². The summed E-state index contributed by atoms with van der Waals surface area (Å²) < 4.78 is 0. The van der Waals surface area contributed by atoms with Crippen molar-refractivity contribution in [1.29, 1.82) is 0 Å². The molecular weight excluding hydrogens is 222 g/mol. The first kappa shape index (κ1) is 11.6. The van der Waals surface area contributed by atoms with Crippen LogP contribution in [0.4, 0.5) is 5.82 Å². The van der Waals surface area contributed by atoms with Gasteiger partial charge in [0.25, 0.3) is 0 Å². The van der Waals surface area contributed by atoms with E-state index in [-0.39, 0.29) is 5.41 Å². The molecule has 1 saturated carbocycles. The molecular formula is C12H18ClN3. The first-order chi connectivity index (χ1) is 7.36. The first-order valence-electron chi connectivity index (χ1n) is 5.68. The Balaban J connectivity index is 2.22. The third-order valence-electron chi connectivity index (χ3n) is 2.81. The number of halogens is 1. The van der Waals surface area contributed by atoms with Gasteiger partial charge in [-0.3, -0.25) is 0 Å². The summed E-state index contributed by atoms with van der Waals surface area (Å²) in [5.74, 6) is 2.38. The number of aromatic nitrogens is 2. The zero-order valence-electron chi connectivity index (χ0n) is 10.2. The van der Waals surface area contributed by atoms with Crippen molar-refractivity contribution in [3.05, 3.63) is 17.0 Å². The van der Waals surface area contributed by atoms with Gasteiger partial charge in [0, 0.05) is 17.5 Å². The quantitative estimate of drug-likeness (QED) is 0.806. The van der Waals surface area contributed by atoms with Crippen molar-refractivity contribution in [2.75, 3.05) is 5.32 Å². The average Bonchev–Trinajstić information content (AvgIpc) is 2.79. The van der Waals surface area contributed by atoms with E-state index in [0.29, 0.717) is 11.2 Å². The Bertz CT molecular complexity index is 398. The minimum atomic E-state index is -0.0729. The van der Waals surface area contributed by atoms with Crippen molar-refractivity contribution in [1.82, 2.24) is 9.97 Å². The van der Waals surface area contributed by atoms with Crippen molar-refractivity contribution >= 4 is 17.4 Å². The fraction of sp³-hybridized carbons (Fsp3) is 0.667. The number of hydrogen-bond donors (Lipinski definition) is 1. The van der Waals surface area contributed by atoms with Crippen LogP contribution < -0.4 is 5.32 Å². The molecule has 0 aromatic carbocycles. The molecule has 1 aromatic heterocycles. The van der Waals surface area contributed by atoms with E-state index >= 15 is 0 Å². The third-order valence-corrected chi connectivity index (χ3v) is 3.00. The molecule has 1 aliphatic carbocycles. The zero-order chi connectivity index (χ0) is 11.9. The van der Waals surface area contributed by atoms with E-state index < -0.39 is 0 Å². The van der Waals surface area contributed by atoms with Crippen molar-refractivity contribution in [3.63, 3.8) is 0 Å². The van der Waals surface area contributed by atoms with Gasteiger partial charge in [-0.1, -0.05) is 39.3 Å². The smallest absolute Gasteiger partial charge is 0.137 e. The Hall–Kier alpha value is -0.830.